The van der Waals surface area contributed by atoms with E-state index in [0.29, 0.717) is 5.69 Å². The van der Waals surface area contributed by atoms with E-state index in [-0.39, 0.29) is 29.2 Å². The van der Waals surface area contributed by atoms with E-state index in [9.17, 15) is 18.0 Å². The van der Waals surface area contributed by atoms with Crippen molar-refractivity contribution in [2.24, 2.45) is 0 Å². The summed E-state index contributed by atoms with van der Waals surface area (Å²) in [5, 5.41) is 2.64. The number of anilines is 1. The molecule has 0 heterocycles. The minimum absolute atomic E-state index is 0.0350. The highest BCUT2D eigenvalue weighted by Gasteiger charge is 2.16. The van der Waals surface area contributed by atoms with Gasteiger partial charge in [-0.25, -0.2) is 17.9 Å². The van der Waals surface area contributed by atoms with Gasteiger partial charge in [-0.1, -0.05) is 18.2 Å². The molecule has 2 aromatic carbocycles. The predicted octanol–water partition coefficient (Wildman–Crippen LogP) is 2.58. The summed E-state index contributed by atoms with van der Waals surface area (Å²) in [5.41, 5.74) is 0.794. The molecule has 0 bridgehead atoms. The standard InChI is InChI=1S/C19H20N2O5S/c1-3-13-20-27(24,25)15-11-9-14(10-12-15)18(22)21-17-8-6-5-7-16(17)19(23)26-4-2/h3,5-12,20H,1,4,13H2,2H3,(H,21,22). The van der Waals surface area contributed by atoms with Crippen LogP contribution in [-0.4, -0.2) is 33.4 Å². The highest BCUT2D eigenvalue weighted by atomic mass is 32.2. The Morgan fingerprint density at radius 1 is 1.11 bits per heavy atom. The Bertz CT molecular complexity index is 937. The summed E-state index contributed by atoms with van der Waals surface area (Å²) in [4.78, 5) is 24.4. The van der Waals surface area contributed by atoms with Crippen molar-refractivity contribution < 1.29 is 22.7 Å². The number of carbonyl (C=O) groups excluding carboxylic acids is 2. The zero-order valence-corrected chi connectivity index (χ0v) is 15.6. The summed E-state index contributed by atoms with van der Waals surface area (Å²) in [6.07, 6.45) is 1.43. The minimum atomic E-state index is -3.66. The summed E-state index contributed by atoms with van der Waals surface area (Å²) in [6, 6.07) is 11.9. The maximum atomic E-state index is 12.4. The highest BCUT2D eigenvalue weighted by molar-refractivity contribution is 7.89. The van der Waals surface area contributed by atoms with Gasteiger partial charge in [0.05, 0.1) is 22.8 Å². The molecule has 8 heteroatoms. The lowest BCUT2D eigenvalue weighted by Gasteiger charge is -2.11. The van der Waals surface area contributed by atoms with Crippen LogP contribution in [0.25, 0.3) is 0 Å². The third-order valence-electron chi connectivity index (χ3n) is 3.52. The molecular weight excluding hydrogens is 368 g/mol. The van der Waals surface area contributed by atoms with Gasteiger partial charge in [-0.05, 0) is 43.3 Å². The molecule has 0 fully saturated rings. The maximum Gasteiger partial charge on any atom is 0.340 e. The molecule has 0 atom stereocenters. The number of ether oxygens (including phenoxy) is 1. The van der Waals surface area contributed by atoms with Crippen molar-refractivity contribution in [2.75, 3.05) is 18.5 Å². The van der Waals surface area contributed by atoms with E-state index in [1.807, 2.05) is 0 Å². The van der Waals surface area contributed by atoms with E-state index >= 15 is 0 Å². The fourth-order valence-electron chi connectivity index (χ4n) is 2.21. The van der Waals surface area contributed by atoms with Crippen LogP contribution in [0, 0.1) is 0 Å². The van der Waals surface area contributed by atoms with E-state index in [0.717, 1.165) is 0 Å². The van der Waals surface area contributed by atoms with Crippen LogP contribution in [0.3, 0.4) is 0 Å². The molecular formula is C19H20N2O5S. The first-order valence-corrected chi connectivity index (χ1v) is 9.65. The second-order valence-electron chi connectivity index (χ2n) is 5.39. The molecule has 0 aromatic heterocycles. The molecule has 0 radical (unpaired) electrons. The summed E-state index contributed by atoms with van der Waals surface area (Å²) in [6.45, 7) is 5.47. The van der Waals surface area contributed by atoms with Crippen molar-refractivity contribution in [3.63, 3.8) is 0 Å². The maximum absolute atomic E-state index is 12.4. The van der Waals surface area contributed by atoms with Gasteiger partial charge in [0.2, 0.25) is 10.0 Å². The molecule has 1 amide bonds. The molecule has 0 aliphatic rings. The van der Waals surface area contributed by atoms with Crippen LogP contribution in [0.2, 0.25) is 0 Å². The van der Waals surface area contributed by atoms with Gasteiger partial charge < -0.3 is 10.1 Å². The van der Waals surface area contributed by atoms with Gasteiger partial charge in [0.25, 0.3) is 5.91 Å². The van der Waals surface area contributed by atoms with Gasteiger partial charge in [-0.15, -0.1) is 6.58 Å². The Balaban J connectivity index is 2.18. The van der Waals surface area contributed by atoms with Gasteiger partial charge in [0.1, 0.15) is 0 Å². The highest BCUT2D eigenvalue weighted by Crippen LogP contribution is 2.18. The number of rotatable bonds is 8. The average Bonchev–Trinajstić information content (AvgIpc) is 2.67. The molecule has 0 aliphatic carbocycles. The van der Waals surface area contributed by atoms with Crippen LogP contribution < -0.4 is 10.0 Å². The summed E-state index contributed by atoms with van der Waals surface area (Å²) in [7, 11) is -3.66. The lowest BCUT2D eigenvalue weighted by molar-refractivity contribution is 0.0527. The number of amides is 1. The summed E-state index contributed by atoms with van der Waals surface area (Å²) in [5.74, 6) is -1.02. The fourth-order valence-corrected chi connectivity index (χ4v) is 3.21. The molecule has 7 nitrogen and oxygen atoms in total. The van der Waals surface area contributed by atoms with Gasteiger partial charge in [-0.3, -0.25) is 4.79 Å². The summed E-state index contributed by atoms with van der Waals surface area (Å²) >= 11 is 0. The van der Waals surface area contributed by atoms with Crippen LogP contribution in [-0.2, 0) is 14.8 Å². The lowest BCUT2D eigenvalue weighted by atomic mass is 10.1. The quantitative estimate of drug-likeness (QED) is 0.535. The Morgan fingerprint density at radius 2 is 1.78 bits per heavy atom. The average molecular weight is 388 g/mol. The first-order valence-electron chi connectivity index (χ1n) is 8.17. The number of hydrogen-bond acceptors (Lipinski definition) is 5. The molecule has 0 unspecified atom stereocenters. The molecule has 2 aromatic rings. The van der Waals surface area contributed by atoms with Crippen LogP contribution in [0.5, 0.6) is 0 Å². The topological polar surface area (TPSA) is 102 Å². The third-order valence-corrected chi connectivity index (χ3v) is 4.95. The molecule has 2 N–H and O–H groups in total. The first kappa shape index (κ1) is 20.3. The second kappa shape index (κ2) is 9.11. The Hall–Kier alpha value is -2.97. The normalized spacial score (nSPS) is 10.9. The molecule has 142 valence electrons. The zero-order chi connectivity index (χ0) is 19.9. The van der Waals surface area contributed by atoms with Gasteiger partial charge in [0.15, 0.2) is 0 Å². The van der Waals surface area contributed by atoms with Crippen LogP contribution in [0.15, 0.2) is 66.1 Å². The molecule has 0 saturated heterocycles. The van der Waals surface area contributed by atoms with Crippen LogP contribution in [0.4, 0.5) is 5.69 Å². The van der Waals surface area contributed by atoms with E-state index in [4.69, 9.17) is 4.74 Å². The van der Waals surface area contributed by atoms with Gasteiger partial charge in [-0.2, -0.15) is 0 Å². The van der Waals surface area contributed by atoms with Gasteiger partial charge >= 0.3 is 5.97 Å². The largest absolute Gasteiger partial charge is 0.462 e. The molecule has 27 heavy (non-hydrogen) atoms. The predicted molar refractivity (Wildman–Crippen MR) is 102 cm³/mol. The van der Waals surface area contributed by atoms with E-state index in [1.165, 1.54) is 30.3 Å². The van der Waals surface area contributed by atoms with E-state index < -0.39 is 21.9 Å². The fraction of sp³-hybridized carbons (Fsp3) is 0.158. The number of benzene rings is 2. The second-order valence-corrected chi connectivity index (χ2v) is 7.15. The SMILES string of the molecule is C=CCNS(=O)(=O)c1ccc(C(=O)Nc2ccccc2C(=O)OCC)cc1. The number of sulfonamides is 1. The van der Waals surface area contributed by atoms with Crippen molar-refractivity contribution in [3.8, 4) is 0 Å². The Kier molecular flexibility index (Phi) is 6.86. The molecule has 0 saturated carbocycles. The van der Waals surface area contributed by atoms with Crippen LogP contribution in [0.1, 0.15) is 27.6 Å². The number of nitrogens with one attached hydrogen (secondary N) is 2. The van der Waals surface area contributed by atoms with Crippen molar-refractivity contribution in [1.82, 2.24) is 4.72 Å². The lowest BCUT2D eigenvalue weighted by Crippen LogP contribution is -2.23. The smallest absolute Gasteiger partial charge is 0.340 e. The summed E-state index contributed by atoms with van der Waals surface area (Å²) < 4.78 is 31.4. The molecule has 2 rings (SSSR count). The number of para-hydroxylation sites is 1. The van der Waals surface area contributed by atoms with Crippen molar-refractivity contribution >= 4 is 27.6 Å². The zero-order valence-electron chi connectivity index (χ0n) is 14.8. The van der Waals surface area contributed by atoms with Crippen molar-refractivity contribution in [1.29, 1.82) is 0 Å². The number of carbonyl (C=O) groups is 2. The van der Waals surface area contributed by atoms with E-state index in [1.54, 1.807) is 31.2 Å². The van der Waals surface area contributed by atoms with E-state index in [2.05, 4.69) is 16.6 Å². The molecule has 0 spiro atoms. The first-order chi connectivity index (χ1) is 12.9. The molecule has 0 aliphatic heterocycles. The van der Waals surface area contributed by atoms with Crippen LogP contribution >= 0.6 is 0 Å². The minimum Gasteiger partial charge on any atom is -0.462 e. The Morgan fingerprint density at radius 3 is 2.41 bits per heavy atom. The Labute approximate surface area is 158 Å². The third kappa shape index (κ3) is 5.25. The number of esters is 1. The van der Waals surface area contributed by atoms with Crippen molar-refractivity contribution in [3.05, 3.63) is 72.3 Å². The van der Waals surface area contributed by atoms with Crippen molar-refractivity contribution in [2.45, 2.75) is 11.8 Å². The monoisotopic (exact) mass is 388 g/mol. The van der Waals surface area contributed by atoms with Gasteiger partial charge in [0, 0.05) is 12.1 Å². The number of hydrogen-bond donors (Lipinski definition) is 2.